The number of aliphatic imine (C=N–C) groups is 1. The maximum absolute atomic E-state index is 12.8. The zero-order valence-corrected chi connectivity index (χ0v) is 25.9. The summed E-state index contributed by atoms with van der Waals surface area (Å²) in [6.45, 7) is 10.1. The van der Waals surface area contributed by atoms with Crippen LogP contribution >= 0.6 is 0 Å². The van der Waals surface area contributed by atoms with Gasteiger partial charge in [-0.25, -0.2) is 0 Å². The summed E-state index contributed by atoms with van der Waals surface area (Å²) in [6.07, 6.45) is 10.8. The molecule has 41 heavy (non-hydrogen) atoms. The third-order valence-corrected chi connectivity index (χ3v) is 12.2. The van der Waals surface area contributed by atoms with E-state index in [0.29, 0.717) is 67.9 Å². The Bertz CT molecular complexity index is 956. The minimum absolute atomic E-state index is 0.0566. The number of hydrogen-bond acceptors (Lipinski definition) is 6. The summed E-state index contributed by atoms with van der Waals surface area (Å²) in [5.41, 5.74) is 17.3. The minimum Gasteiger partial charge on any atom is -0.466 e. The van der Waals surface area contributed by atoms with Crippen LogP contribution in [0.1, 0.15) is 105 Å². The van der Waals surface area contributed by atoms with E-state index in [1.165, 1.54) is 25.7 Å². The SMILES string of the molecule is CCOC(=O)CC[C@@H](C)[C@H]1CC[C@H]2[C@@H]3[C@@H](O)C[C@@H]4C[C@H](NC(=O)[C@@H](N)CCCN=C(N)N)CC[C@]4(C)[C@H]3CC[C@]12C. The summed E-state index contributed by atoms with van der Waals surface area (Å²) in [5.74, 6) is 2.77. The Morgan fingerprint density at radius 2 is 1.76 bits per heavy atom. The van der Waals surface area contributed by atoms with Gasteiger partial charge in [-0.3, -0.25) is 14.6 Å². The molecule has 4 aliphatic carbocycles. The lowest BCUT2D eigenvalue weighted by molar-refractivity contribution is -0.167. The molecule has 0 bridgehead atoms. The van der Waals surface area contributed by atoms with E-state index in [-0.39, 0.29) is 40.8 Å². The molecule has 1 amide bonds. The predicted molar refractivity (Wildman–Crippen MR) is 161 cm³/mol. The molecule has 0 spiro atoms. The van der Waals surface area contributed by atoms with E-state index in [0.717, 1.165) is 32.1 Å². The highest BCUT2D eigenvalue weighted by molar-refractivity contribution is 5.81. The molecule has 0 aromatic heterocycles. The molecule has 0 aliphatic heterocycles. The van der Waals surface area contributed by atoms with Gasteiger partial charge >= 0.3 is 5.97 Å². The summed E-state index contributed by atoms with van der Waals surface area (Å²) in [7, 11) is 0. The quantitative estimate of drug-likeness (QED) is 0.109. The van der Waals surface area contributed by atoms with Crippen LogP contribution in [0.5, 0.6) is 0 Å². The molecule has 0 heterocycles. The van der Waals surface area contributed by atoms with Crippen molar-refractivity contribution in [1.29, 1.82) is 0 Å². The largest absolute Gasteiger partial charge is 0.466 e. The first-order chi connectivity index (χ1) is 19.4. The number of guanidine groups is 1. The molecule has 0 saturated heterocycles. The fourth-order valence-electron chi connectivity index (χ4n) is 10.1. The summed E-state index contributed by atoms with van der Waals surface area (Å²) in [4.78, 5) is 28.8. The van der Waals surface area contributed by atoms with Gasteiger partial charge < -0.3 is 32.4 Å². The first kappa shape index (κ1) is 32.1. The van der Waals surface area contributed by atoms with Gasteiger partial charge in [0.2, 0.25) is 5.91 Å². The monoisotopic (exact) mass is 575 g/mol. The van der Waals surface area contributed by atoms with Crippen molar-refractivity contribution in [3.05, 3.63) is 0 Å². The van der Waals surface area contributed by atoms with Crippen LogP contribution in [0, 0.1) is 46.3 Å². The predicted octanol–water partition coefficient (Wildman–Crippen LogP) is 3.46. The van der Waals surface area contributed by atoms with Crippen LogP contribution in [-0.2, 0) is 14.3 Å². The van der Waals surface area contributed by atoms with E-state index >= 15 is 0 Å². The Kier molecular flexibility index (Phi) is 10.3. The fraction of sp³-hybridized carbons (Fsp3) is 0.906. The average Bonchev–Trinajstić information content (AvgIpc) is 3.27. The highest BCUT2D eigenvalue weighted by Gasteiger charge is 2.62. The molecule has 4 fully saturated rings. The zero-order chi connectivity index (χ0) is 29.9. The van der Waals surface area contributed by atoms with E-state index in [4.69, 9.17) is 21.9 Å². The van der Waals surface area contributed by atoms with E-state index in [1.807, 2.05) is 6.92 Å². The number of amides is 1. The van der Waals surface area contributed by atoms with Crippen LogP contribution in [0.4, 0.5) is 0 Å². The number of aliphatic hydroxyl groups excluding tert-OH is 1. The van der Waals surface area contributed by atoms with Crippen LogP contribution in [0.15, 0.2) is 4.99 Å². The van der Waals surface area contributed by atoms with Crippen molar-refractivity contribution in [1.82, 2.24) is 5.32 Å². The molecule has 11 atom stereocenters. The summed E-state index contributed by atoms with van der Waals surface area (Å²) < 4.78 is 5.19. The number of nitrogens with zero attached hydrogens (tertiary/aromatic N) is 1. The molecule has 4 rings (SSSR count). The van der Waals surface area contributed by atoms with Gasteiger partial charge in [0.05, 0.1) is 18.8 Å². The molecule has 9 nitrogen and oxygen atoms in total. The molecule has 0 aromatic rings. The molecule has 0 radical (unpaired) electrons. The lowest BCUT2D eigenvalue weighted by Crippen LogP contribution is -2.60. The van der Waals surface area contributed by atoms with Crippen LogP contribution in [-0.4, -0.2) is 54.3 Å². The number of ether oxygens (including phenoxy) is 1. The topological polar surface area (TPSA) is 166 Å². The number of rotatable bonds is 11. The highest BCUT2D eigenvalue weighted by atomic mass is 16.5. The summed E-state index contributed by atoms with van der Waals surface area (Å²) >= 11 is 0. The number of nitrogens with one attached hydrogen (secondary N) is 1. The molecule has 9 heteroatoms. The van der Waals surface area contributed by atoms with Crippen molar-refractivity contribution in [2.75, 3.05) is 13.2 Å². The average molecular weight is 576 g/mol. The van der Waals surface area contributed by atoms with Crippen molar-refractivity contribution >= 4 is 17.8 Å². The molecule has 4 saturated carbocycles. The highest BCUT2D eigenvalue weighted by Crippen LogP contribution is 2.68. The fourth-order valence-corrected chi connectivity index (χ4v) is 10.1. The maximum Gasteiger partial charge on any atom is 0.305 e. The lowest BCUT2D eigenvalue weighted by Gasteiger charge is -2.62. The van der Waals surface area contributed by atoms with Crippen LogP contribution < -0.4 is 22.5 Å². The van der Waals surface area contributed by atoms with Gasteiger partial charge in [-0.05, 0) is 124 Å². The van der Waals surface area contributed by atoms with Gasteiger partial charge in [0.15, 0.2) is 5.96 Å². The van der Waals surface area contributed by atoms with Gasteiger partial charge in [0.1, 0.15) is 0 Å². The first-order valence-electron chi connectivity index (χ1n) is 16.4. The van der Waals surface area contributed by atoms with Crippen molar-refractivity contribution in [2.24, 2.45) is 68.5 Å². The van der Waals surface area contributed by atoms with E-state index in [2.05, 4.69) is 31.1 Å². The summed E-state index contributed by atoms with van der Waals surface area (Å²) in [5, 5.41) is 14.9. The molecular formula is C32H57N5O4. The van der Waals surface area contributed by atoms with E-state index in [1.54, 1.807) is 0 Å². The van der Waals surface area contributed by atoms with Crippen molar-refractivity contribution in [3.63, 3.8) is 0 Å². The Morgan fingerprint density at radius 3 is 2.46 bits per heavy atom. The smallest absolute Gasteiger partial charge is 0.305 e. The van der Waals surface area contributed by atoms with Gasteiger partial charge in [0, 0.05) is 19.0 Å². The standard InChI is InChI=1S/C32H57N5O4/c1-5-41-27(39)11-8-19(2)22-9-10-23-28-24(13-15-32(22,23)4)31(3)14-12-21(17-20(31)18-26(28)38)37-29(40)25(33)7-6-16-36-30(34)35/h19-26,28,38H,5-18,33H2,1-4H3,(H,37,40)(H4,34,35,36)/t19-,20+,21-,22-,23+,24+,25+,26+,28+,31+,32-/m1/s1. The third-order valence-electron chi connectivity index (χ3n) is 12.2. The Balaban J connectivity index is 1.36. The Labute approximate surface area is 247 Å². The molecular weight excluding hydrogens is 518 g/mol. The molecule has 234 valence electrons. The van der Waals surface area contributed by atoms with Crippen molar-refractivity contribution < 1.29 is 19.4 Å². The number of hydrogen-bond donors (Lipinski definition) is 5. The molecule has 4 aliphatic rings. The van der Waals surface area contributed by atoms with E-state index in [9.17, 15) is 14.7 Å². The van der Waals surface area contributed by atoms with Gasteiger partial charge in [-0.15, -0.1) is 0 Å². The Morgan fingerprint density at radius 1 is 1.05 bits per heavy atom. The second kappa shape index (κ2) is 13.2. The van der Waals surface area contributed by atoms with E-state index < -0.39 is 6.04 Å². The first-order valence-corrected chi connectivity index (χ1v) is 16.4. The van der Waals surface area contributed by atoms with Crippen molar-refractivity contribution in [2.45, 2.75) is 123 Å². The number of fused-ring (bicyclic) bond motifs is 5. The number of carbonyl (C=O) groups excluding carboxylic acids is 2. The Hall–Kier alpha value is -1.87. The van der Waals surface area contributed by atoms with Crippen LogP contribution in [0.25, 0.3) is 0 Å². The molecule has 0 unspecified atom stereocenters. The van der Waals surface area contributed by atoms with Gasteiger partial charge in [-0.1, -0.05) is 20.8 Å². The number of nitrogens with two attached hydrogens (primary N) is 3. The summed E-state index contributed by atoms with van der Waals surface area (Å²) in [6, 6.07) is -0.456. The van der Waals surface area contributed by atoms with Crippen molar-refractivity contribution in [3.8, 4) is 0 Å². The second-order valence-corrected chi connectivity index (χ2v) is 14.4. The molecule has 8 N–H and O–H groups in total. The van der Waals surface area contributed by atoms with Gasteiger partial charge in [-0.2, -0.15) is 0 Å². The normalized spacial score (nSPS) is 39.4. The number of esters is 1. The number of aliphatic hydroxyl groups is 1. The van der Waals surface area contributed by atoms with Gasteiger partial charge in [0.25, 0.3) is 0 Å². The lowest BCUT2D eigenvalue weighted by atomic mass is 9.43. The maximum atomic E-state index is 12.8. The second-order valence-electron chi connectivity index (χ2n) is 14.4. The molecule has 0 aromatic carbocycles. The third kappa shape index (κ3) is 6.71. The number of carbonyl (C=O) groups is 2. The van der Waals surface area contributed by atoms with Crippen LogP contribution in [0.3, 0.4) is 0 Å². The minimum atomic E-state index is -0.565. The zero-order valence-electron chi connectivity index (χ0n) is 25.9. The van der Waals surface area contributed by atoms with Crippen LogP contribution in [0.2, 0.25) is 0 Å².